The van der Waals surface area contributed by atoms with Crippen molar-refractivity contribution in [1.82, 2.24) is 14.2 Å². The van der Waals surface area contributed by atoms with Crippen LogP contribution in [0.15, 0.2) is 27.7 Å². The normalized spacial score (nSPS) is 11.4. The molecule has 0 aromatic carbocycles. The number of hydrogen-bond acceptors (Lipinski definition) is 4. The van der Waals surface area contributed by atoms with Gasteiger partial charge < -0.3 is 9.52 Å². The SMILES string of the molecule is CCc1cc2c(cc3c(=O)n(CC(=O)O)ncn32)o1. The number of carbonyl (C=O) groups is 1. The van der Waals surface area contributed by atoms with Gasteiger partial charge in [0, 0.05) is 18.6 Å². The molecule has 98 valence electrons. The zero-order chi connectivity index (χ0) is 13.6. The van der Waals surface area contributed by atoms with Gasteiger partial charge in [0.25, 0.3) is 5.56 Å². The number of nitrogens with zero attached hydrogens (tertiary/aromatic N) is 3. The van der Waals surface area contributed by atoms with E-state index in [0.717, 1.165) is 22.4 Å². The van der Waals surface area contributed by atoms with E-state index < -0.39 is 18.1 Å². The molecule has 0 saturated heterocycles. The van der Waals surface area contributed by atoms with Crippen LogP contribution in [0, 0.1) is 0 Å². The number of carboxylic acid groups (broad SMARTS) is 1. The van der Waals surface area contributed by atoms with E-state index in [2.05, 4.69) is 5.10 Å². The zero-order valence-corrected chi connectivity index (χ0v) is 10.2. The molecule has 0 amide bonds. The van der Waals surface area contributed by atoms with Gasteiger partial charge in [0.15, 0.2) is 5.58 Å². The number of fused-ring (bicyclic) bond motifs is 3. The molecule has 0 saturated carbocycles. The van der Waals surface area contributed by atoms with Gasteiger partial charge in [0.05, 0.1) is 5.52 Å². The molecule has 7 heteroatoms. The summed E-state index contributed by atoms with van der Waals surface area (Å²) in [6.07, 6.45) is 2.19. The number of furan rings is 1. The molecule has 0 fully saturated rings. The summed E-state index contributed by atoms with van der Waals surface area (Å²) in [7, 11) is 0. The standard InChI is InChI=1S/C12H11N3O4/c1-2-7-3-8-10(19-7)4-9-12(18)15(5-11(16)17)13-6-14(8)9/h3-4,6H,2,5H2,1H3,(H,16,17). The molecule has 0 aliphatic rings. The maximum Gasteiger partial charge on any atom is 0.325 e. The third-order valence-corrected chi connectivity index (χ3v) is 2.97. The summed E-state index contributed by atoms with van der Waals surface area (Å²) >= 11 is 0. The van der Waals surface area contributed by atoms with Crippen LogP contribution in [-0.2, 0) is 17.8 Å². The van der Waals surface area contributed by atoms with Crippen molar-refractivity contribution in [1.29, 1.82) is 0 Å². The molecule has 3 heterocycles. The molecule has 3 rings (SSSR count). The van der Waals surface area contributed by atoms with E-state index in [1.54, 1.807) is 10.5 Å². The summed E-state index contributed by atoms with van der Waals surface area (Å²) in [6.45, 7) is 1.52. The molecule has 3 aromatic heterocycles. The van der Waals surface area contributed by atoms with Gasteiger partial charge in [-0.3, -0.25) is 14.0 Å². The van der Waals surface area contributed by atoms with E-state index in [4.69, 9.17) is 9.52 Å². The lowest BCUT2D eigenvalue weighted by Crippen LogP contribution is -2.27. The molecular weight excluding hydrogens is 250 g/mol. The van der Waals surface area contributed by atoms with Crippen molar-refractivity contribution < 1.29 is 14.3 Å². The topological polar surface area (TPSA) is 89.7 Å². The van der Waals surface area contributed by atoms with Crippen LogP contribution in [0.4, 0.5) is 0 Å². The Kier molecular flexibility index (Phi) is 2.41. The molecule has 0 atom stereocenters. The number of rotatable bonds is 3. The first kappa shape index (κ1) is 11.5. The lowest BCUT2D eigenvalue weighted by Gasteiger charge is -2.01. The predicted molar refractivity (Wildman–Crippen MR) is 66.2 cm³/mol. The Labute approximate surface area is 106 Å². The van der Waals surface area contributed by atoms with E-state index >= 15 is 0 Å². The number of aliphatic carboxylic acids is 1. The Balaban J connectivity index is 2.27. The second-order valence-electron chi connectivity index (χ2n) is 4.20. The highest BCUT2D eigenvalue weighted by molar-refractivity contribution is 5.82. The summed E-state index contributed by atoms with van der Waals surface area (Å²) in [5.74, 6) is -0.281. The van der Waals surface area contributed by atoms with Crippen molar-refractivity contribution in [3.8, 4) is 0 Å². The van der Waals surface area contributed by atoms with Gasteiger partial charge in [-0.1, -0.05) is 6.92 Å². The number of hydrogen-bond donors (Lipinski definition) is 1. The van der Waals surface area contributed by atoms with Crippen LogP contribution >= 0.6 is 0 Å². The van der Waals surface area contributed by atoms with Gasteiger partial charge in [-0.15, -0.1) is 0 Å². The van der Waals surface area contributed by atoms with E-state index in [0.29, 0.717) is 11.1 Å². The molecule has 0 radical (unpaired) electrons. The Bertz CT molecular complexity index is 840. The van der Waals surface area contributed by atoms with Gasteiger partial charge in [-0.2, -0.15) is 5.10 Å². The molecule has 0 aliphatic heterocycles. The third-order valence-electron chi connectivity index (χ3n) is 2.97. The third kappa shape index (κ3) is 1.70. The van der Waals surface area contributed by atoms with Gasteiger partial charge in [-0.05, 0) is 0 Å². The minimum Gasteiger partial charge on any atom is -0.480 e. The number of aryl methyl sites for hydroxylation is 1. The van der Waals surface area contributed by atoms with Crippen molar-refractivity contribution in [2.75, 3.05) is 0 Å². The van der Waals surface area contributed by atoms with Crippen LogP contribution < -0.4 is 5.56 Å². The zero-order valence-electron chi connectivity index (χ0n) is 10.2. The van der Waals surface area contributed by atoms with Gasteiger partial charge >= 0.3 is 5.97 Å². The van der Waals surface area contributed by atoms with Crippen LogP contribution in [0.25, 0.3) is 16.6 Å². The molecule has 1 N–H and O–H groups in total. The lowest BCUT2D eigenvalue weighted by atomic mass is 10.3. The summed E-state index contributed by atoms with van der Waals surface area (Å²) < 4.78 is 8.09. The largest absolute Gasteiger partial charge is 0.480 e. The predicted octanol–water partition coefficient (Wildman–Crippen LogP) is 0.889. The summed E-state index contributed by atoms with van der Waals surface area (Å²) in [5, 5.41) is 12.6. The first-order chi connectivity index (χ1) is 9.10. The fourth-order valence-electron chi connectivity index (χ4n) is 2.06. The summed E-state index contributed by atoms with van der Waals surface area (Å²) in [6, 6.07) is 3.46. The van der Waals surface area contributed by atoms with Crippen molar-refractivity contribution in [3.05, 3.63) is 34.6 Å². The molecule has 3 aromatic rings. The Hall–Kier alpha value is -2.57. The van der Waals surface area contributed by atoms with Crippen LogP contribution in [0.5, 0.6) is 0 Å². The lowest BCUT2D eigenvalue weighted by molar-refractivity contribution is -0.138. The fourth-order valence-corrected chi connectivity index (χ4v) is 2.06. The fraction of sp³-hybridized carbons (Fsp3) is 0.250. The molecule has 0 unspecified atom stereocenters. The van der Waals surface area contributed by atoms with Gasteiger partial charge in [0.1, 0.15) is 24.1 Å². The minimum absolute atomic E-state index is 0.354. The van der Waals surface area contributed by atoms with E-state index in [-0.39, 0.29) is 0 Å². The maximum absolute atomic E-state index is 12.1. The summed E-state index contributed by atoms with van der Waals surface area (Å²) in [5.41, 5.74) is 1.27. The molecular formula is C12H11N3O4. The highest BCUT2D eigenvalue weighted by Crippen LogP contribution is 2.22. The molecule has 0 aliphatic carbocycles. The first-order valence-corrected chi connectivity index (χ1v) is 5.81. The van der Waals surface area contributed by atoms with E-state index in [9.17, 15) is 9.59 Å². The van der Waals surface area contributed by atoms with Crippen molar-refractivity contribution >= 4 is 22.6 Å². The first-order valence-electron chi connectivity index (χ1n) is 5.81. The molecule has 0 spiro atoms. The number of aromatic nitrogens is 3. The quantitative estimate of drug-likeness (QED) is 0.756. The average molecular weight is 261 g/mol. The van der Waals surface area contributed by atoms with Crippen molar-refractivity contribution in [2.45, 2.75) is 19.9 Å². The second kappa shape index (κ2) is 3.98. The summed E-state index contributed by atoms with van der Waals surface area (Å²) in [4.78, 5) is 22.7. The average Bonchev–Trinajstić information content (AvgIpc) is 2.89. The van der Waals surface area contributed by atoms with Crippen LogP contribution in [-0.4, -0.2) is 25.3 Å². The molecule has 7 nitrogen and oxygen atoms in total. The van der Waals surface area contributed by atoms with Crippen LogP contribution in [0.3, 0.4) is 0 Å². The second-order valence-corrected chi connectivity index (χ2v) is 4.20. The van der Waals surface area contributed by atoms with Crippen molar-refractivity contribution in [2.24, 2.45) is 0 Å². The number of carboxylic acids is 1. The van der Waals surface area contributed by atoms with Crippen molar-refractivity contribution in [3.63, 3.8) is 0 Å². The van der Waals surface area contributed by atoms with Gasteiger partial charge in [0.2, 0.25) is 0 Å². The van der Waals surface area contributed by atoms with Crippen LogP contribution in [0.2, 0.25) is 0 Å². The molecule has 19 heavy (non-hydrogen) atoms. The minimum atomic E-state index is -1.11. The Morgan fingerprint density at radius 2 is 2.21 bits per heavy atom. The monoisotopic (exact) mass is 261 g/mol. The maximum atomic E-state index is 12.1. The Morgan fingerprint density at radius 1 is 1.42 bits per heavy atom. The van der Waals surface area contributed by atoms with E-state index in [1.807, 2.05) is 13.0 Å². The molecule has 0 bridgehead atoms. The highest BCUT2D eigenvalue weighted by Gasteiger charge is 2.13. The van der Waals surface area contributed by atoms with Crippen LogP contribution in [0.1, 0.15) is 12.7 Å². The highest BCUT2D eigenvalue weighted by atomic mass is 16.4. The van der Waals surface area contributed by atoms with E-state index in [1.165, 1.54) is 6.33 Å². The smallest absolute Gasteiger partial charge is 0.325 e. The Morgan fingerprint density at radius 3 is 2.89 bits per heavy atom. The van der Waals surface area contributed by atoms with Gasteiger partial charge in [-0.25, -0.2) is 4.68 Å².